The average molecular weight is 373 g/mol. The number of unbranched alkanes of at least 4 members (excludes halogenated alkanes) is 1. The number of rotatable bonds is 6. The first-order chi connectivity index (χ1) is 9.16. The Bertz CT molecular complexity index is 501. The molecule has 0 atom stereocenters. The number of amides is 2. The first kappa shape index (κ1) is 14.5. The van der Waals surface area contributed by atoms with Crippen molar-refractivity contribution in [3.63, 3.8) is 0 Å². The van der Waals surface area contributed by atoms with E-state index in [4.69, 9.17) is 4.74 Å². The van der Waals surface area contributed by atoms with Gasteiger partial charge in [-0.05, 0) is 41.1 Å². The molecule has 0 N–H and O–H groups in total. The zero-order valence-electron chi connectivity index (χ0n) is 10.8. The van der Waals surface area contributed by atoms with Crippen molar-refractivity contribution in [3.8, 4) is 0 Å². The molecule has 5 heteroatoms. The molecule has 0 spiro atoms. The van der Waals surface area contributed by atoms with Crippen LogP contribution in [0.25, 0.3) is 0 Å². The molecular formula is C14H16INO3. The van der Waals surface area contributed by atoms with Gasteiger partial charge in [0.15, 0.2) is 0 Å². The van der Waals surface area contributed by atoms with E-state index in [-0.39, 0.29) is 11.8 Å². The predicted molar refractivity (Wildman–Crippen MR) is 80.3 cm³/mol. The van der Waals surface area contributed by atoms with Crippen LogP contribution >= 0.6 is 22.6 Å². The molecule has 2 rings (SSSR count). The van der Waals surface area contributed by atoms with Crippen molar-refractivity contribution in [1.29, 1.82) is 0 Å². The Hall–Kier alpha value is -0.950. The van der Waals surface area contributed by atoms with E-state index in [1.54, 1.807) is 12.1 Å². The standard InChI is InChI=1S/C14H16INO3/c1-2-3-8-19-9-7-16-13(17)10-5-4-6-11(15)12(10)14(16)18/h4-6H,2-3,7-9H2,1H3. The fraction of sp³-hybridized carbons (Fsp3) is 0.429. The number of benzene rings is 1. The van der Waals surface area contributed by atoms with Gasteiger partial charge in [-0.2, -0.15) is 0 Å². The van der Waals surface area contributed by atoms with Gasteiger partial charge in [0.25, 0.3) is 11.8 Å². The van der Waals surface area contributed by atoms with Crippen LogP contribution in [0.15, 0.2) is 18.2 Å². The average Bonchev–Trinajstić information content (AvgIpc) is 2.64. The van der Waals surface area contributed by atoms with Crippen LogP contribution in [0.1, 0.15) is 40.5 Å². The summed E-state index contributed by atoms with van der Waals surface area (Å²) in [5.74, 6) is -0.415. The largest absolute Gasteiger partial charge is 0.380 e. The van der Waals surface area contributed by atoms with Gasteiger partial charge in [0.2, 0.25) is 0 Å². The molecule has 0 bridgehead atoms. The van der Waals surface area contributed by atoms with Crippen LogP contribution in [-0.4, -0.2) is 36.5 Å². The van der Waals surface area contributed by atoms with E-state index in [1.807, 2.05) is 6.07 Å². The van der Waals surface area contributed by atoms with E-state index in [1.165, 1.54) is 4.90 Å². The molecule has 1 heterocycles. The fourth-order valence-corrected chi connectivity index (χ4v) is 2.73. The predicted octanol–water partition coefficient (Wildman–Crippen LogP) is 2.70. The third-order valence-electron chi connectivity index (χ3n) is 3.05. The Morgan fingerprint density at radius 3 is 2.68 bits per heavy atom. The minimum atomic E-state index is -0.211. The molecule has 0 unspecified atom stereocenters. The van der Waals surface area contributed by atoms with E-state index in [9.17, 15) is 9.59 Å². The van der Waals surface area contributed by atoms with Gasteiger partial charge in [-0.1, -0.05) is 19.4 Å². The fourth-order valence-electron chi connectivity index (χ4n) is 2.00. The maximum Gasteiger partial charge on any atom is 0.262 e. The second-order valence-corrected chi connectivity index (χ2v) is 5.55. The van der Waals surface area contributed by atoms with Gasteiger partial charge >= 0.3 is 0 Å². The Balaban J connectivity index is 2.00. The van der Waals surface area contributed by atoms with Crippen molar-refractivity contribution in [2.75, 3.05) is 19.8 Å². The van der Waals surface area contributed by atoms with Crippen molar-refractivity contribution in [1.82, 2.24) is 4.90 Å². The highest BCUT2D eigenvalue weighted by atomic mass is 127. The lowest BCUT2D eigenvalue weighted by molar-refractivity contribution is 0.0560. The normalized spacial score (nSPS) is 14.1. The number of fused-ring (bicyclic) bond motifs is 1. The van der Waals surface area contributed by atoms with E-state index < -0.39 is 0 Å². The maximum absolute atomic E-state index is 12.2. The lowest BCUT2D eigenvalue weighted by Crippen LogP contribution is -2.33. The summed E-state index contributed by atoms with van der Waals surface area (Å²) in [4.78, 5) is 25.6. The van der Waals surface area contributed by atoms with Crippen LogP contribution in [0.5, 0.6) is 0 Å². The number of hydrogen-bond acceptors (Lipinski definition) is 3. The minimum absolute atomic E-state index is 0.205. The summed E-state index contributed by atoms with van der Waals surface area (Å²) >= 11 is 2.09. The molecule has 2 amide bonds. The molecule has 19 heavy (non-hydrogen) atoms. The van der Waals surface area contributed by atoms with Gasteiger partial charge in [-0.15, -0.1) is 0 Å². The van der Waals surface area contributed by atoms with Crippen molar-refractivity contribution in [3.05, 3.63) is 32.9 Å². The molecule has 4 nitrogen and oxygen atoms in total. The summed E-state index contributed by atoms with van der Waals surface area (Å²) in [7, 11) is 0. The van der Waals surface area contributed by atoms with Crippen LogP contribution < -0.4 is 0 Å². The van der Waals surface area contributed by atoms with Crippen molar-refractivity contribution in [2.24, 2.45) is 0 Å². The maximum atomic E-state index is 12.2. The smallest absolute Gasteiger partial charge is 0.262 e. The molecule has 1 aromatic rings. The van der Waals surface area contributed by atoms with E-state index in [0.717, 1.165) is 16.4 Å². The van der Waals surface area contributed by atoms with Crippen molar-refractivity contribution in [2.45, 2.75) is 19.8 Å². The summed E-state index contributed by atoms with van der Waals surface area (Å²) < 4.78 is 6.24. The Morgan fingerprint density at radius 2 is 2.00 bits per heavy atom. The molecule has 0 saturated heterocycles. The molecule has 1 aliphatic rings. The summed E-state index contributed by atoms with van der Waals surface area (Å²) in [6.45, 7) is 3.50. The van der Waals surface area contributed by atoms with Gasteiger partial charge in [-0.3, -0.25) is 14.5 Å². The summed E-state index contributed by atoms with van der Waals surface area (Å²) in [6.07, 6.45) is 2.07. The molecule has 1 aromatic carbocycles. The van der Waals surface area contributed by atoms with Crippen LogP contribution in [0.3, 0.4) is 0 Å². The second kappa shape index (κ2) is 6.47. The minimum Gasteiger partial charge on any atom is -0.380 e. The molecular weight excluding hydrogens is 357 g/mol. The van der Waals surface area contributed by atoms with Crippen LogP contribution in [0.4, 0.5) is 0 Å². The molecule has 0 aliphatic carbocycles. The molecule has 102 valence electrons. The van der Waals surface area contributed by atoms with Gasteiger partial charge < -0.3 is 4.74 Å². The van der Waals surface area contributed by atoms with Crippen molar-refractivity contribution < 1.29 is 14.3 Å². The monoisotopic (exact) mass is 373 g/mol. The van der Waals surface area contributed by atoms with Gasteiger partial charge in [0.05, 0.1) is 24.3 Å². The molecule has 0 saturated carbocycles. The van der Waals surface area contributed by atoms with Crippen LogP contribution in [0.2, 0.25) is 0 Å². The summed E-state index contributed by atoms with van der Waals surface area (Å²) in [5.41, 5.74) is 1.03. The Kier molecular flexibility index (Phi) is 4.93. The zero-order chi connectivity index (χ0) is 13.8. The van der Waals surface area contributed by atoms with Gasteiger partial charge in [-0.25, -0.2) is 0 Å². The Labute approximate surface area is 126 Å². The highest BCUT2D eigenvalue weighted by molar-refractivity contribution is 14.1. The first-order valence-electron chi connectivity index (χ1n) is 6.39. The lowest BCUT2D eigenvalue weighted by Gasteiger charge is -2.13. The second-order valence-electron chi connectivity index (χ2n) is 4.39. The van der Waals surface area contributed by atoms with Gasteiger partial charge in [0.1, 0.15) is 0 Å². The van der Waals surface area contributed by atoms with Crippen molar-refractivity contribution >= 4 is 34.4 Å². The number of hydrogen-bond donors (Lipinski definition) is 0. The number of carbonyl (C=O) groups is 2. The highest BCUT2D eigenvalue weighted by Crippen LogP contribution is 2.26. The topological polar surface area (TPSA) is 46.6 Å². The highest BCUT2D eigenvalue weighted by Gasteiger charge is 2.36. The zero-order valence-corrected chi connectivity index (χ0v) is 13.0. The van der Waals surface area contributed by atoms with Gasteiger partial charge in [0, 0.05) is 10.2 Å². The van der Waals surface area contributed by atoms with E-state index in [0.29, 0.717) is 30.9 Å². The summed E-state index contributed by atoms with van der Waals surface area (Å²) in [5, 5.41) is 0. The van der Waals surface area contributed by atoms with E-state index in [2.05, 4.69) is 29.5 Å². The third kappa shape index (κ3) is 2.97. The third-order valence-corrected chi connectivity index (χ3v) is 3.95. The molecule has 1 aliphatic heterocycles. The SMILES string of the molecule is CCCCOCCN1C(=O)c2cccc(I)c2C1=O. The number of ether oxygens (including phenoxy) is 1. The lowest BCUT2D eigenvalue weighted by atomic mass is 10.1. The Morgan fingerprint density at radius 1 is 1.21 bits per heavy atom. The number of nitrogens with zero attached hydrogens (tertiary/aromatic N) is 1. The van der Waals surface area contributed by atoms with E-state index >= 15 is 0 Å². The summed E-state index contributed by atoms with van der Waals surface area (Å²) in [6, 6.07) is 5.34. The quantitative estimate of drug-likeness (QED) is 0.438. The molecule has 0 aromatic heterocycles. The molecule has 0 fully saturated rings. The number of carbonyl (C=O) groups excluding carboxylic acids is 2. The first-order valence-corrected chi connectivity index (χ1v) is 7.47. The number of imide groups is 1. The van der Waals surface area contributed by atoms with Crippen LogP contribution in [-0.2, 0) is 4.74 Å². The van der Waals surface area contributed by atoms with Crippen LogP contribution in [0, 0.1) is 3.57 Å². The molecule has 0 radical (unpaired) electrons. The number of halogens is 1.